The minimum absolute atomic E-state index is 0.339. The Morgan fingerprint density at radius 2 is 1.92 bits per heavy atom. The van der Waals surface area contributed by atoms with Gasteiger partial charge in [0.15, 0.2) is 5.54 Å². The maximum atomic E-state index is 12.8. The standard InChI is InChI=1S/C19H21N3O4/c1-11-5-6-12(2)14(9-11)20-16(23)10-22-17(24)19(4,21-18(22)25)15-8-7-13(3)26-15/h5-9H,10H2,1-4H3,(H,20,23)(H,21,25). The predicted octanol–water partition coefficient (Wildman–Crippen LogP) is 2.61. The zero-order valence-corrected chi connectivity index (χ0v) is 15.2. The maximum absolute atomic E-state index is 12.8. The number of rotatable bonds is 4. The van der Waals surface area contributed by atoms with E-state index in [0.29, 0.717) is 17.2 Å². The molecule has 136 valence electrons. The Morgan fingerprint density at radius 3 is 2.58 bits per heavy atom. The van der Waals surface area contributed by atoms with Gasteiger partial charge in [0.05, 0.1) is 0 Å². The molecule has 1 aliphatic rings. The fourth-order valence-electron chi connectivity index (χ4n) is 2.91. The Kier molecular flexibility index (Phi) is 4.31. The summed E-state index contributed by atoms with van der Waals surface area (Å²) >= 11 is 0. The van der Waals surface area contributed by atoms with Gasteiger partial charge in [0, 0.05) is 5.69 Å². The number of anilines is 1. The summed E-state index contributed by atoms with van der Waals surface area (Å²) < 4.78 is 5.50. The van der Waals surface area contributed by atoms with Crippen molar-refractivity contribution in [2.75, 3.05) is 11.9 Å². The molecule has 2 aromatic rings. The molecular weight excluding hydrogens is 334 g/mol. The van der Waals surface area contributed by atoms with Crippen molar-refractivity contribution in [3.8, 4) is 0 Å². The van der Waals surface area contributed by atoms with Gasteiger partial charge >= 0.3 is 6.03 Å². The average Bonchev–Trinajstić information content (AvgIpc) is 3.09. The van der Waals surface area contributed by atoms with E-state index in [1.165, 1.54) is 0 Å². The van der Waals surface area contributed by atoms with E-state index in [4.69, 9.17) is 4.42 Å². The SMILES string of the molecule is Cc1ccc(C)c(NC(=O)CN2C(=O)NC(C)(c3ccc(C)o3)C2=O)c1. The highest BCUT2D eigenvalue weighted by Crippen LogP contribution is 2.30. The van der Waals surface area contributed by atoms with Gasteiger partial charge in [0.1, 0.15) is 18.1 Å². The van der Waals surface area contributed by atoms with Gasteiger partial charge in [-0.2, -0.15) is 0 Å². The molecule has 1 unspecified atom stereocenters. The lowest BCUT2D eigenvalue weighted by Crippen LogP contribution is -2.41. The molecule has 26 heavy (non-hydrogen) atoms. The first kappa shape index (κ1) is 17.7. The fraction of sp³-hybridized carbons (Fsp3) is 0.316. The molecule has 1 aromatic carbocycles. The van der Waals surface area contributed by atoms with Gasteiger partial charge in [-0.15, -0.1) is 0 Å². The number of hydrogen-bond donors (Lipinski definition) is 2. The zero-order chi connectivity index (χ0) is 19.1. The number of furan rings is 1. The van der Waals surface area contributed by atoms with E-state index in [1.54, 1.807) is 26.0 Å². The van der Waals surface area contributed by atoms with Gasteiger partial charge in [0.25, 0.3) is 5.91 Å². The summed E-state index contributed by atoms with van der Waals surface area (Å²) in [5.41, 5.74) is 1.25. The van der Waals surface area contributed by atoms with Crippen molar-refractivity contribution < 1.29 is 18.8 Å². The first-order valence-corrected chi connectivity index (χ1v) is 8.29. The van der Waals surface area contributed by atoms with Crippen LogP contribution in [-0.2, 0) is 15.1 Å². The van der Waals surface area contributed by atoms with E-state index in [1.807, 2.05) is 32.0 Å². The number of hydrogen-bond acceptors (Lipinski definition) is 4. The number of amides is 4. The monoisotopic (exact) mass is 355 g/mol. The summed E-state index contributed by atoms with van der Waals surface area (Å²) in [5, 5.41) is 5.37. The van der Waals surface area contributed by atoms with Crippen molar-refractivity contribution in [3.63, 3.8) is 0 Å². The van der Waals surface area contributed by atoms with Crippen molar-refractivity contribution in [2.24, 2.45) is 0 Å². The van der Waals surface area contributed by atoms with Crippen LogP contribution >= 0.6 is 0 Å². The summed E-state index contributed by atoms with van der Waals surface area (Å²) in [6, 6.07) is 8.43. The van der Waals surface area contributed by atoms with Crippen molar-refractivity contribution >= 4 is 23.5 Å². The minimum Gasteiger partial charge on any atom is -0.463 e. The third-order valence-corrected chi connectivity index (χ3v) is 4.48. The third kappa shape index (κ3) is 3.08. The first-order valence-electron chi connectivity index (χ1n) is 8.29. The van der Waals surface area contributed by atoms with Crippen LogP contribution in [0.1, 0.15) is 29.6 Å². The smallest absolute Gasteiger partial charge is 0.325 e. The van der Waals surface area contributed by atoms with Gasteiger partial charge in [-0.1, -0.05) is 12.1 Å². The van der Waals surface area contributed by atoms with Crippen LogP contribution in [0.4, 0.5) is 10.5 Å². The molecule has 1 aliphatic heterocycles. The van der Waals surface area contributed by atoms with Crippen molar-refractivity contribution in [2.45, 2.75) is 33.2 Å². The molecule has 0 aliphatic carbocycles. The van der Waals surface area contributed by atoms with Gasteiger partial charge in [-0.3, -0.25) is 14.5 Å². The van der Waals surface area contributed by atoms with Crippen LogP contribution in [0.3, 0.4) is 0 Å². The van der Waals surface area contributed by atoms with Gasteiger partial charge < -0.3 is 15.1 Å². The topological polar surface area (TPSA) is 91.7 Å². The molecule has 1 saturated heterocycles. The molecule has 0 radical (unpaired) electrons. The average molecular weight is 355 g/mol. The molecule has 2 N–H and O–H groups in total. The molecule has 0 saturated carbocycles. The Balaban J connectivity index is 1.75. The number of benzene rings is 1. The second-order valence-corrected chi connectivity index (χ2v) is 6.72. The maximum Gasteiger partial charge on any atom is 0.325 e. The van der Waals surface area contributed by atoms with Crippen LogP contribution in [-0.4, -0.2) is 29.3 Å². The molecule has 4 amide bonds. The predicted molar refractivity (Wildman–Crippen MR) is 95.6 cm³/mol. The summed E-state index contributed by atoms with van der Waals surface area (Å²) in [6.07, 6.45) is 0. The number of nitrogens with one attached hydrogen (secondary N) is 2. The van der Waals surface area contributed by atoms with E-state index in [9.17, 15) is 14.4 Å². The van der Waals surface area contributed by atoms with Gasteiger partial charge in [-0.05, 0) is 57.0 Å². The molecule has 7 heteroatoms. The Morgan fingerprint density at radius 1 is 1.19 bits per heavy atom. The van der Waals surface area contributed by atoms with Crippen LogP contribution in [0.5, 0.6) is 0 Å². The van der Waals surface area contributed by atoms with Crippen LogP contribution in [0.2, 0.25) is 0 Å². The summed E-state index contributed by atoms with van der Waals surface area (Å²) in [6.45, 7) is 6.74. The normalized spacial score (nSPS) is 19.6. The molecule has 0 bridgehead atoms. The lowest BCUT2D eigenvalue weighted by molar-refractivity contribution is -0.134. The molecule has 1 fully saturated rings. The Bertz CT molecular complexity index is 902. The molecule has 2 heterocycles. The first-order chi connectivity index (χ1) is 12.2. The largest absolute Gasteiger partial charge is 0.463 e. The second kappa shape index (κ2) is 6.33. The number of nitrogens with zero attached hydrogens (tertiary/aromatic N) is 1. The lowest BCUT2D eigenvalue weighted by Gasteiger charge is -2.19. The quantitative estimate of drug-likeness (QED) is 0.825. The van der Waals surface area contributed by atoms with E-state index in [-0.39, 0.29) is 6.54 Å². The van der Waals surface area contributed by atoms with E-state index < -0.39 is 23.4 Å². The number of carbonyl (C=O) groups excluding carboxylic acids is 3. The van der Waals surface area contributed by atoms with E-state index >= 15 is 0 Å². The number of aryl methyl sites for hydroxylation is 3. The molecule has 0 spiro atoms. The highest BCUT2D eigenvalue weighted by molar-refractivity contribution is 6.10. The Hall–Kier alpha value is -3.09. The van der Waals surface area contributed by atoms with Crippen molar-refractivity contribution in [1.29, 1.82) is 0 Å². The Labute approximate surface area is 151 Å². The minimum atomic E-state index is -1.31. The van der Waals surface area contributed by atoms with E-state index in [2.05, 4.69) is 10.6 Å². The van der Waals surface area contributed by atoms with Crippen molar-refractivity contribution in [3.05, 3.63) is 53.0 Å². The molecule has 1 atom stereocenters. The molecular formula is C19H21N3O4. The lowest BCUT2D eigenvalue weighted by atomic mass is 9.99. The molecule has 7 nitrogen and oxygen atoms in total. The zero-order valence-electron chi connectivity index (χ0n) is 15.2. The summed E-state index contributed by atoms with van der Waals surface area (Å²) in [4.78, 5) is 38.3. The van der Waals surface area contributed by atoms with Crippen LogP contribution in [0.25, 0.3) is 0 Å². The summed E-state index contributed by atoms with van der Waals surface area (Å²) in [5.74, 6) is 0.00946. The third-order valence-electron chi connectivity index (χ3n) is 4.48. The fourth-order valence-corrected chi connectivity index (χ4v) is 2.91. The number of carbonyl (C=O) groups is 3. The number of urea groups is 1. The highest BCUT2D eigenvalue weighted by Gasteiger charge is 2.51. The van der Waals surface area contributed by atoms with Crippen LogP contribution < -0.4 is 10.6 Å². The number of imide groups is 1. The molecule has 3 rings (SSSR count). The van der Waals surface area contributed by atoms with Crippen LogP contribution in [0, 0.1) is 20.8 Å². The van der Waals surface area contributed by atoms with Crippen LogP contribution in [0.15, 0.2) is 34.7 Å². The van der Waals surface area contributed by atoms with Gasteiger partial charge in [-0.25, -0.2) is 4.79 Å². The summed E-state index contributed by atoms with van der Waals surface area (Å²) in [7, 11) is 0. The highest BCUT2D eigenvalue weighted by atomic mass is 16.3. The van der Waals surface area contributed by atoms with Gasteiger partial charge in [0.2, 0.25) is 5.91 Å². The second-order valence-electron chi connectivity index (χ2n) is 6.72. The van der Waals surface area contributed by atoms with E-state index in [0.717, 1.165) is 16.0 Å². The van der Waals surface area contributed by atoms with Crippen molar-refractivity contribution in [1.82, 2.24) is 10.2 Å². The molecule has 1 aromatic heterocycles.